The minimum Gasteiger partial charge on any atom is -0.494 e. The van der Waals surface area contributed by atoms with E-state index in [1.807, 2.05) is 37.3 Å². The van der Waals surface area contributed by atoms with Gasteiger partial charge in [-0.3, -0.25) is 9.59 Å². The molecule has 0 aromatic heterocycles. The van der Waals surface area contributed by atoms with Crippen molar-refractivity contribution in [3.05, 3.63) is 59.2 Å². The van der Waals surface area contributed by atoms with Gasteiger partial charge in [-0.25, -0.2) is 0 Å². The second-order valence-electron chi connectivity index (χ2n) is 6.75. The molecule has 4 nitrogen and oxygen atoms in total. The van der Waals surface area contributed by atoms with Crippen LogP contribution in [0.2, 0.25) is 0 Å². The van der Waals surface area contributed by atoms with Gasteiger partial charge in [-0.15, -0.1) is 11.8 Å². The molecule has 1 atom stereocenters. The fourth-order valence-corrected chi connectivity index (χ4v) is 3.71. The molecule has 0 heterocycles. The number of ketones is 1. The summed E-state index contributed by atoms with van der Waals surface area (Å²) in [4.78, 5) is 24.1. The third-order valence-corrected chi connectivity index (χ3v) is 5.62. The molecule has 5 heteroatoms. The Bertz CT molecular complexity index is 819. The average Bonchev–Trinajstić information content (AvgIpc) is 2.69. The number of ether oxygens (including phenoxy) is 1. The molecule has 1 amide bonds. The molecule has 1 N–H and O–H groups in total. The van der Waals surface area contributed by atoms with Crippen molar-refractivity contribution in [2.45, 2.75) is 45.8 Å². The van der Waals surface area contributed by atoms with E-state index in [1.54, 1.807) is 13.0 Å². The van der Waals surface area contributed by atoms with Crippen molar-refractivity contribution in [2.24, 2.45) is 0 Å². The lowest BCUT2D eigenvalue weighted by Gasteiger charge is -2.15. The predicted octanol–water partition coefficient (Wildman–Crippen LogP) is 5.67. The Hall–Kier alpha value is -2.27. The second kappa shape index (κ2) is 10.9. The summed E-state index contributed by atoms with van der Waals surface area (Å²) in [5, 5.41) is 3.04. The van der Waals surface area contributed by atoms with Crippen LogP contribution in [0, 0.1) is 0 Å². The molecule has 0 radical (unpaired) electrons. The largest absolute Gasteiger partial charge is 0.494 e. The van der Waals surface area contributed by atoms with Crippen LogP contribution in [0.5, 0.6) is 5.75 Å². The molecule has 2 rings (SSSR count). The van der Waals surface area contributed by atoms with Gasteiger partial charge in [-0.05, 0) is 56.0 Å². The molecule has 0 fully saturated rings. The minimum absolute atomic E-state index is 0.0219. The Morgan fingerprint density at radius 1 is 1.14 bits per heavy atom. The maximum Gasteiger partial charge on any atom is 0.234 e. The molecule has 0 aliphatic heterocycles. The van der Waals surface area contributed by atoms with Crippen LogP contribution in [0.25, 0.3) is 0 Å². The van der Waals surface area contributed by atoms with Gasteiger partial charge in [0.05, 0.1) is 12.4 Å². The van der Waals surface area contributed by atoms with E-state index in [0.717, 1.165) is 29.0 Å². The number of amides is 1. The number of hydrogen-bond donors (Lipinski definition) is 1. The lowest BCUT2D eigenvalue weighted by atomic mass is 9.97. The second-order valence-corrected chi connectivity index (χ2v) is 7.73. The van der Waals surface area contributed by atoms with E-state index in [0.29, 0.717) is 29.6 Å². The summed E-state index contributed by atoms with van der Waals surface area (Å²) in [6, 6.07) is 13.4. The molecule has 2 aromatic rings. The van der Waals surface area contributed by atoms with Crippen LogP contribution in [0.15, 0.2) is 42.5 Å². The SMILES string of the molecule is CCOc1ccc(C(C)=O)cc1CSCC(=O)Nc1ccccc1[C@@H](C)CC. The zero-order valence-corrected chi connectivity index (χ0v) is 17.9. The molecule has 0 aliphatic rings. The summed E-state index contributed by atoms with van der Waals surface area (Å²) < 4.78 is 5.65. The summed E-state index contributed by atoms with van der Waals surface area (Å²) in [5.74, 6) is 2.10. The molecule has 0 aliphatic carbocycles. The smallest absolute Gasteiger partial charge is 0.234 e. The Morgan fingerprint density at radius 2 is 1.89 bits per heavy atom. The fraction of sp³-hybridized carbons (Fsp3) is 0.391. The Kier molecular flexibility index (Phi) is 8.58. The molecular weight excluding hydrogens is 370 g/mol. The number of benzene rings is 2. The monoisotopic (exact) mass is 399 g/mol. The van der Waals surface area contributed by atoms with Gasteiger partial charge >= 0.3 is 0 Å². The van der Waals surface area contributed by atoms with Crippen molar-refractivity contribution in [1.82, 2.24) is 0 Å². The molecule has 150 valence electrons. The highest BCUT2D eigenvalue weighted by Gasteiger charge is 2.12. The number of Topliss-reactive ketones (excluding diaryl/α,β-unsaturated/α-hetero) is 1. The number of carbonyl (C=O) groups excluding carboxylic acids is 2. The lowest BCUT2D eigenvalue weighted by Crippen LogP contribution is -2.16. The first-order chi connectivity index (χ1) is 13.5. The topological polar surface area (TPSA) is 55.4 Å². The maximum absolute atomic E-state index is 12.4. The van der Waals surface area contributed by atoms with Crippen molar-refractivity contribution in [3.63, 3.8) is 0 Å². The molecule has 2 aromatic carbocycles. The van der Waals surface area contributed by atoms with Gasteiger partial charge in [-0.1, -0.05) is 32.0 Å². The van der Waals surface area contributed by atoms with Crippen molar-refractivity contribution in [1.29, 1.82) is 0 Å². The number of rotatable bonds is 10. The third-order valence-electron chi connectivity index (χ3n) is 4.64. The van der Waals surface area contributed by atoms with E-state index in [2.05, 4.69) is 25.2 Å². The molecule has 28 heavy (non-hydrogen) atoms. The highest BCUT2D eigenvalue weighted by atomic mass is 32.2. The van der Waals surface area contributed by atoms with Crippen LogP contribution < -0.4 is 10.1 Å². The van der Waals surface area contributed by atoms with Crippen molar-refractivity contribution >= 4 is 29.1 Å². The molecule has 0 unspecified atom stereocenters. The normalized spacial score (nSPS) is 11.7. The first-order valence-electron chi connectivity index (χ1n) is 9.69. The molecular formula is C23H29NO3S. The molecule has 0 spiro atoms. The van der Waals surface area contributed by atoms with E-state index in [9.17, 15) is 9.59 Å². The number of hydrogen-bond acceptors (Lipinski definition) is 4. The first kappa shape index (κ1) is 22.0. The van der Waals surface area contributed by atoms with E-state index < -0.39 is 0 Å². The zero-order valence-electron chi connectivity index (χ0n) is 17.1. The quantitative estimate of drug-likeness (QED) is 0.523. The van der Waals surface area contributed by atoms with Gasteiger partial charge in [-0.2, -0.15) is 0 Å². The van der Waals surface area contributed by atoms with E-state index >= 15 is 0 Å². The lowest BCUT2D eigenvalue weighted by molar-refractivity contribution is -0.113. The molecule has 0 saturated heterocycles. The maximum atomic E-state index is 12.4. The molecule has 0 saturated carbocycles. The molecule has 0 bridgehead atoms. The average molecular weight is 400 g/mol. The Morgan fingerprint density at radius 3 is 2.57 bits per heavy atom. The highest BCUT2D eigenvalue weighted by Crippen LogP contribution is 2.28. The third kappa shape index (κ3) is 6.13. The summed E-state index contributed by atoms with van der Waals surface area (Å²) in [7, 11) is 0. The Balaban J connectivity index is 1.99. The number of anilines is 1. The van der Waals surface area contributed by atoms with E-state index in [1.165, 1.54) is 11.8 Å². The van der Waals surface area contributed by atoms with Crippen molar-refractivity contribution in [2.75, 3.05) is 17.7 Å². The first-order valence-corrected chi connectivity index (χ1v) is 10.8. The number of para-hydroxylation sites is 1. The minimum atomic E-state index is -0.0264. The van der Waals surface area contributed by atoms with Gasteiger partial charge in [0, 0.05) is 22.6 Å². The van der Waals surface area contributed by atoms with Crippen molar-refractivity contribution in [3.8, 4) is 5.75 Å². The van der Waals surface area contributed by atoms with Gasteiger partial charge in [0.25, 0.3) is 0 Å². The predicted molar refractivity (Wildman–Crippen MR) is 118 cm³/mol. The van der Waals surface area contributed by atoms with Crippen LogP contribution >= 0.6 is 11.8 Å². The highest BCUT2D eigenvalue weighted by molar-refractivity contribution is 7.99. The van der Waals surface area contributed by atoms with Crippen LogP contribution in [0.4, 0.5) is 5.69 Å². The zero-order chi connectivity index (χ0) is 20.5. The summed E-state index contributed by atoms with van der Waals surface area (Å²) in [5.41, 5.74) is 3.64. The number of carbonyl (C=O) groups is 2. The van der Waals surface area contributed by atoms with Gasteiger partial charge in [0.1, 0.15) is 5.75 Å². The van der Waals surface area contributed by atoms with Crippen LogP contribution in [0.3, 0.4) is 0 Å². The number of nitrogens with one attached hydrogen (secondary N) is 1. The Labute approximate surface area is 172 Å². The van der Waals surface area contributed by atoms with Gasteiger partial charge < -0.3 is 10.1 Å². The van der Waals surface area contributed by atoms with Crippen LogP contribution in [-0.2, 0) is 10.5 Å². The number of thioether (sulfide) groups is 1. The fourth-order valence-electron chi connectivity index (χ4n) is 2.91. The summed E-state index contributed by atoms with van der Waals surface area (Å²) in [6.07, 6.45) is 1.02. The van der Waals surface area contributed by atoms with Crippen LogP contribution in [0.1, 0.15) is 61.5 Å². The van der Waals surface area contributed by atoms with Crippen molar-refractivity contribution < 1.29 is 14.3 Å². The van der Waals surface area contributed by atoms with Gasteiger partial charge in [0.15, 0.2) is 5.78 Å². The summed E-state index contributed by atoms with van der Waals surface area (Å²) >= 11 is 1.51. The van der Waals surface area contributed by atoms with E-state index in [4.69, 9.17) is 4.74 Å². The summed E-state index contributed by atoms with van der Waals surface area (Å²) in [6.45, 7) is 8.35. The van der Waals surface area contributed by atoms with Crippen LogP contribution in [-0.4, -0.2) is 24.1 Å². The van der Waals surface area contributed by atoms with Gasteiger partial charge in [0.2, 0.25) is 5.91 Å². The van der Waals surface area contributed by atoms with E-state index in [-0.39, 0.29) is 11.7 Å². The standard InChI is InChI=1S/C23H29NO3S/c1-5-16(3)20-9-7-8-10-21(20)24-23(26)15-28-14-19-13-18(17(4)25)11-12-22(19)27-6-2/h7-13,16H,5-6,14-15H2,1-4H3,(H,24,26)/t16-/m0/s1.